The fourth-order valence-corrected chi connectivity index (χ4v) is 3.90. The van der Waals surface area contributed by atoms with Crippen molar-refractivity contribution >= 4 is 33.8 Å². The standard InChI is InChI=1S/C20H14ClNS.ClH/c1-13-19(14-6-3-2-4-7-14)16-12-15(21)9-10-17(16)22-20(13)18-8-5-11-23-18;/h2-12H,1H3;1H/p-1. The van der Waals surface area contributed by atoms with E-state index in [4.69, 9.17) is 16.6 Å². The normalized spacial score (nSPS) is 10.6. The van der Waals surface area contributed by atoms with Crippen LogP contribution in [0.3, 0.4) is 0 Å². The zero-order chi connectivity index (χ0) is 15.8. The third-order valence-electron chi connectivity index (χ3n) is 4.01. The van der Waals surface area contributed by atoms with Crippen LogP contribution in [0, 0.1) is 6.92 Å². The summed E-state index contributed by atoms with van der Waals surface area (Å²) in [5.74, 6) is 0. The molecule has 2 aromatic carbocycles. The van der Waals surface area contributed by atoms with Crippen LogP contribution >= 0.6 is 22.9 Å². The molecule has 0 amide bonds. The Morgan fingerprint density at radius 1 is 0.958 bits per heavy atom. The minimum Gasteiger partial charge on any atom is -1.00 e. The first-order chi connectivity index (χ1) is 11.2. The van der Waals surface area contributed by atoms with Crippen molar-refractivity contribution in [1.82, 2.24) is 4.98 Å². The van der Waals surface area contributed by atoms with Gasteiger partial charge >= 0.3 is 0 Å². The molecule has 2 aromatic heterocycles. The Kier molecular flexibility index (Phi) is 4.91. The minimum absolute atomic E-state index is 0. The molecular formula is C20H14Cl2NS-. The lowest BCUT2D eigenvalue weighted by atomic mass is 9.94. The summed E-state index contributed by atoms with van der Waals surface area (Å²) < 4.78 is 0. The molecule has 24 heavy (non-hydrogen) atoms. The Labute approximate surface area is 156 Å². The lowest BCUT2D eigenvalue weighted by Crippen LogP contribution is -3.00. The second-order valence-electron chi connectivity index (χ2n) is 5.47. The van der Waals surface area contributed by atoms with E-state index in [1.165, 1.54) is 21.6 Å². The third kappa shape index (κ3) is 2.93. The average molecular weight is 371 g/mol. The maximum absolute atomic E-state index is 6.24. The van der Waals surface area contributed by atoms with Crippen LogP contribution in [0.5, 0.6) is 0 Å². The number of nitrogens with zero attached hydrogens (tertiary/aromatic N) is 1. The molecule has 0 radical (unpaired) electrons. The first kappa shape index (κ1) is 17.0. The molecule has 0 aliphatic rings. The molecule has 0 aliphatic carbocycles. The second-order valence-corrected chi connectivity index (χ2v) is 6.85. The van der Waals surface area contributed by atoms with E-state index < -0.39 is 0 Å². The van der Waals surface area contributed by atoms with Crippen LogP contribution in [0.15, 0.2) is 66.0 Å². The zero-order valence-corrected chi connectivity index (χ0v) is 15.3. The highest BCUT2D eigenvalue weighted by Gasteiger charge is 2.15. The molecule has 0 fully saturated rings. The summed E-state index contributed by atoms with van der Waals surface area (Å²) in [5, 5.41) is 3.92. The minimum atomic E-state index is 0. The average Bonchev–Trinajstić information content (AvgIpc) is 3.09. The Bertz CT molecular complexity index is 980. The summed E-state index contributed by atoms with van der Waals surface area (Å²) in [5.41, 5.74) is 5.61. The molecular weight excluding hydrogens is 357 g/mol. The van der Waals surface area contributed by atoms with Crippen molar-refractivity contribution in [2.24, 2.45) is 0 Å². The van der Waals surface area contributed by atoms with Gasteiger partial charge in [0.25, 0.3) is 0 Å². The Hall–Kier alpha value is -1.87. The van der Waals surface area contributed by atoms with E-state index in [0.29, 0.717) is 0 Å². The highest BCUT2D eigenvalue weighted by molar-refractivity contribution is 7.13. The predicted octanol–water partition coefficient (Wildman–Crippen LogP) is 3.60. The summed E-state index contributed by atoms with van der Waals surface area (Å²) in [7, 11) is 0. The molecule has 2 heterocycles. The molecule has 0 saturated carbocycles. The molecule has 0 saturated heterocycles. The summed E-state index contributed by atoms with van der Waals surface area (Å²) >= 11 is 7.96. The highest BCUT2D eigenvalue weighted by atomic mass is 35.5. The predicted molar refractivity (Wildman–Crippen MR) is 100 cm³/mol. The SMILES string of the molecule is Cc1c(-c2cccs2)nc2ccc(Cl)cc2c1-c1ccccc1.[Cl-]. The summed E-state index contributed by atoms with van der Waals surface area (Å²) in [6, 6.07) is 20.5. The van der Waals surface area contributed by atoms with Crippen molar-refractivity contribution in [3.05, 3.63) is 76.6 Å². The molecule has 4 rings (SSSR count). The summed E-state index contributed by atoms with van der Waals surface area (Å²) in [4.78, 5) is 6.09. The topological polar surface area (TPSA) is 12.9 Å². The Morgan fingerprint density at radius 3 is 2.46 bits per heavy atom. The van der Waals surface area contributed by atoms with Gasteiger partial charge in [0.1, 0.15) is 0 Å². The number of fused-ring (bicyclic) bond motifs is 1. The lowest BCUT2D eigenvalue weighted by molar-refractivity contribution is -0.00000435. The number of benzene rings is 2. The molecule has 0 atom stereocenters. The smallest absolute Gasteiger partial charge is 0.0844 e. The number of hydrogen-bond acceptors (Lipinski definition) is 2. The lowest BCUT2D eigenvalue weighted by Gasteiger charge is -2.14. The van der Waals surface area contributed by atoms with E-state index in [2.05, 4.69) is 48.7 Å². The molecule has 0 aliphatic heterocycles. The van der Waals surface area contributed by atoms with Gasteiger partial charge in [-0.2, -0.15) is 0 Å². The van der Waals surface area contributed by atoms with Crippen LogP contribution in [0.1, 0.15) is 5.56 Å². The van der Waals surface area contributed by atoms with Crippen LogP contribution in [-0.4, -0.2) is 4.98 Å². The largest absolute Gasteiger partial charge is 1.00 e. The number of aromatic nitrogens is 1. The van der Waals surface area contributed by atoms with Gasteiger partial charge in [0, 0.05) is 10.4 Å². The molecule has 1 nitrogen and oxygen atoms in total. The fraction of sp³-hybridized carbons (Fsp3) is 0.0500. The van der Waals surface area contributed by atoms with Crippen molar-refractivity contribution in [2.45, 2.75) is 6.92 Å². The molecule has 0 N–H and O–H groups in total. The number of thiophene rings is 1. The van der Waals surface area contributed by atoms with Crippen molar-refractivity contribution < 1.29 is 12.4 Å². The van der Waals surface area contributed by atoms with Crippen LogP contribution in [0.25, 0.3) is 32.6 Å². The number of rotatable bonds is 2. The van der Waals surface area contributed by atoms with Gasteiger partial charge in [-0.3, -0.25) is 0 Å². The molecule has 4 heteroatoms. The van der Waals surface area contributed by atoms with E-state index in [-0.39, 0.29) is 12.4 Å². The van der Waals surface area contributed by atoms with Gasteiger partial charge in [0.05, 0.1) is 16.1 Å². The molecule has 0 spiro atoms. The van der Waals surface area contributed by atoms with Crippen LogP contribution in [-0.2, 0) is 0 Å². The van der Waals surface area contributed by atoms with Gasteiger partial charge in [-0.25, -0.2) is 4.98 Å². The monoisotopic (exact) mass is 370 g/mol. The number of halogens is 2. The van der Waals surface area contributed by atoms with Crippen molar-refractivity contribution in [2.75, 3.05) is 0 Å². The van der Waals surface area contributed by atoms with E-state index in [9.17, 15) is 0 Å². The third-order valence-corrected chi connectivity index (χ3v) is 5.12. The van der Waals surface area contributed by atoms with Crippen LogP contribution < -0.4 is 12.4 Å². The van der Waals surface area contributed by atoms with E-state index in [0.717, 1.165) is 21.6 Å². The van der Waals surface area contributed by atoms with E-state index in [1.54, 1.807) is 11.3 Å². The quantitative estimate of drug-likeness (QED) is 0.525. The van der Waals surface area contributed by atoms with E-state index >= 15 is 0 Å². The van der Waals surface area contributed by atoms with Gasteiger partial charge in [-0.1, -0.05) is 48.0 Å². The Balaban J connectivity index is 0.00000169. The number of hydrogen-bond donors (Lipinski definition) is 0. The maximum Gasteiger partial charge on any atom is 0.0844 e. The molecule has 4 aromatic rings. The fourth-order valence-electron chi connectivity index (χ4n) is 2.96. The van der Waals surface area contributed by atoms with Crippen molar-refractivity contribution in [1.29, 1.82) is 0 Å². The Morgan fingerprint density at radius 2 is 1.75 bits per heavy atom. The molecule has 120 valence electrons. The van der Waals surface area contributed by atoms with Crippen molar-refractivity contribution in [3.8, 4) is 21.7 Å². The molecule has 0 bridgehead atoms. The van der Waals surface area contributed by atoms with Gasteiger partial charge in [-0.05, 0) is 53.3 Å². The maximum atomic E-state index is 6.24. The highest BCUT2D eigenvalue weighted by Crippen LogP contribution is 2.38. The summed E-state index contributed by atoms with van der Waals surface area (Å²) in [6.07, 6.45) is 0. The van der Waals surface area contributed by atoms with Gasteiger partial charge in [0.2, 0.25) is 0 Å². The first-order valence-electron chi connectivity index (χ1n) is 7.43. The number of pyridine rings is 1. The zero-order valence-electron chi connectivity index (χ0n) is 13.0. The van der Waals surface area contributed by atoms with Gasteiger partial charge in [0.15, 0.2) is 0 Å². The van der Waals surface area contributed by atoms with Gasteiger partial charge in [-0.15, -0.1) is 11.3 Å². The van der Waals surface area contributed by atoms with Crippen LogP contribution in [0.4, 0.5) is 0 Å². The van der Waals surface area contributed by atoms with Crippen molar-refractivity contribution in [3.63, 3.8) is 0 Å². The first-order valence-corrected chi connectivity index (χ1v) is 8.69. The summed E-state index contributed by atoms with van der Waals surface area (Å²) in [6.45, 7) is 2.14. The van der Waals surface area contributed by atoms with Gasteiger partial charge < -0.3 is 12.4 Å². The second kappa shape index (κ2) is 6.94. The molecule has 0 unspecified atom stereocenters. The van der Waals surface area contributed by atoms with E-state index in [1.807, 2.05) is 24.3 Å². The van der Waals surface area contributed by atoms with Crippen LogP contribution in [0.2, 0.25) is 5.02 Å².